The molecule has 0 radical (unpaired) electrons. The van der Waals surface area contributed by atoms with Crippen LogP contribution in [0.25, 0.3) is 0 Å². The number of phenols is 1. The number of tetrazole rings is 1. The van der Waals surface area contributed by atoms with Crippen LogP contribution in [0.4, 0.5) is 5.69 Å². The molecule has 0 aliphatic rings. The number of aromatic hydroxyl groups is 1. The lowest BCUT2D eigenvalue weighted by molar-refractivity contribution is 0.0997. The van der Waals surface area contributed by atoms with Crippen molar-refractivity contribution in [1.82, 2.24) is 20.2 Å². The average molecular weight is 365 g/mol. The molecular formula is C19H19N5O3. The van der Waals surface area contributed by atoms with Gasteiger partial charge in [-0.05, 0) is 47.0 Å². The van der Waals surface area contributed by atoms with E-state index in [4.69, 9.17) is 0 Å². The van der Waals surface area contributed by atoms with Gasteiger partial charge in [0.05, 0.1) is 17.8 Å². The van der Waals surface area contributed by atoms with E-state index in [9.17, 15) is 14.7 Å². The van der Waals surface area contributed by atoms with Crippen LogP contribution in [0.5, 0.6) is 5.75 Å². The van der Waals surface area contributed by atoms with Gasteiger partial charge in [0.1, 0.15) is 5.75 Å². The highest BCUT2D eigenvalue weighted by Gasteiger charge is 2.20. The van der Waals surface area contributed by atoms with Crippen molar-refractivity contribution in [3.63, 3.8) is 0 Å². The van der Waals surface area contributed by atoms with Gasteiger partial charge in [-0.15, -0.1) is 5.10 Å². The van der Waals surface area contributed by atoms with Gasteiger partial charge in [-0.3, -0.25) is 9.59 Å². The molecule has 0 saturated heterocycles. The maximum atomic E-state index is 12.6. The molecule has 3 aromatic rings. The summed E-state index contributed by atoms with van der Waals surface area (Å²) >= 11 is 0. The summed E-state index contributed by atoms with van der Waals surface area (Å²) in [5, 5.41) is 24.1. The molecule has 27 heavy (non-hydrogen) atoms. The Morgan fingerprint density at radius 2 is 1.89 bits per heavy atom. The first-order valence-electron chi connectivity index (χ1n) is 8.47. The Bertz CT molecular complexity index is 982. The van der Waals surface area contributed by atoms with E-state index in [0.29, 0.717) is 13.0 Å². The Morgan fingerprint density at radius 3 is 2.56 bits per heavy atom. The van der Waals surface area contributed by atoms with E-state index in [1.807, 2.05) is 37.3 Å². The molecule has 0 bridgehead atoms. The molecule has 2 aromatic carbocycles. The van der Waals surface area contributed by atoms with Gasteiger partial charge in [0.2, 0.25) is 5.82 Å². The van der Waals surface area contributed by atoms with Crippen LogP contribution < -0.4 is 5.32 Å². The number of aromatic nitrogens is 4. The third-order valence-electron chi connectivity index (χ3n) is 4.12. The van der Waals surface area contributed by atoms with E-state index < -0.39 is 5.91 Å². The van der Waals surface area contributed by atoms with E-state index in [1.54, 1.807) is 12.1 Å². The molecule has 138 valence electrons. The Morgan fingerprint density at radius 1 is 1.15 bits per heavy atom. The monoisotopic (exact) mass is 365 g/mol. The van der Waals surface area contributed by atoms with E-state index in [1.165, 1.54) is 11.6 Å². The number of benzene rings is 2. The zero-order valence-electron chi connectivity index (χ0n) is 15.0. The number of carbonyl (C=O) groups excluding carboxylic acids is 2. The molecule has 0 saturated carbocycles. The van der Waals surface area contributed by atoms with Crippen molar-refractivity contribution in [3.8, 4) is 5.75 Å². The zero-order chi connectivity index (χ0) is 19.4. The molecule has 0 unspecified atom stereocenters. The number of nitrogens with zero attached hydrogens (tertiary/aromatic N) is 4. The van der Waals surface area contributed by atoms with Crippen LogP contribution in [0.3, 0.4) is 0 Å². The number of nitrogens with one attached hydrogen (secondary N) is 1. The Hall–Kier alpha value is -3.55. The van der Waals surface area contributed by atoms with Gasteiger partial charge in [0, 0.05) is 0 Å². The molecule has 1 heterocycles. The summed E-state index contributed by atoms with van der Waals surface area (Å²) in [7, 11) is 0. The van der Waals surface area contributed by atoms with Gasteiger partial charge in [-0.1, -0.05) is 37.3 Å². The lowest BCUT2D eigenvalue weighted by atomic mass is 10.0. The smallest absolute Gasteiger partial charge is 0.295 e. The molecule has 0 atom stereocenters. The second kappa shape index (κ2) is 7.77. The number of ketones is 1. The quantitative estimate of drug-likeness (QED) is 0.513. The SMILES string of the molecule is CCc1cc(NC(=O)c2nnnn2Cc2ccccc2)c(O)c(C(C)=O)c1. The summed E-state index contributed by atoms with van der Waals surface area (Å²) in [6, 6.07) is 12.7. The number of Topliss-reactive ketones (excluding diaryl/α,β-unsaturated/α-hetero) is 1. The molecule has 0 aliphatic heterocycles. The minimum atomic E-state index is -0.575. The van der Waals surface area contributed by atoms with Crippen molar-refractivity contribution in [2.75, 3.05) is 5.32 Å². The molecular weight excluding hydrogens is 346 g/mol. The Labute approximate surface area is 155 Å². The largest absolute Gasteiger partial charge is 0.505 e. The van der Waals surface area contributed by atoms with Crippen LogP contribution >= 0.6 is 0 Å². The molecule has 0 spiro atoms. The van der Waals surface area contributed by atoms with Crippen LogP contribution in [-0.4, -0.2) is 37.0 Å². The number of aryl methyl sites for hydroxylation is 1. The predicted molar refractivity (Wildman–Crippen MR) is 98.8 cm³/mol. The molecule has 1 amide bonds. The van der Waals surface area contributed by atoms with Crippen LogP contribution in [0.2, 0.25) is 0 Å². The van der Waals surface area contributed by atoms with Gasteiger partial charge in [-0.25, -0.2) is 4.68 Å². The molecule has 1 aromatic heterocycles. The summed E-state index contributed by atoms with van der Waals surface area (Å²) in [6.45, 7) is 3.61. The van der Waals surface area contributed by atoms with Crippen molar-refractivity contribution in [1.29, 1.82) is 0 Å². The summed E-state index contributed by atoms with van der Waals surface area (Å²) in [5.41, 5.74) is 2.07. The number of amides is 1. The summed E-state index contributed by atoms with van der Waals surface area (Å²) < 4.78 is 1.37. The fraction of sp³-hybridized carbons (Fsp3) is 0.211. The third-order valence-corrected chi connectivity index (χ3v) is 4.12. The van der Waals surface area contributed by atoms with E-state index in [2.05, 4.69) is 20.8 Å². The first-order chi connectivity index (χ1) is 13.0. The number of carbonyl (C=O) groups is 2. The maximum absolute atomic E-state index is 12.6. The second-order valence-corrected chi connectivity index (χ2v) is 6.05. The first-order valence-corrected chi connectivity index (χ1v) is 8.47. The average Bonchev–Trinajstić information content (AvgIpc) is 3.12. The number of anilines is 1. The molecule has 8 nitrogen and oxygen atoms in total. The van der Waals surface area contributed by atoms with E-state index in [-0.39, 0.29) is 28.6 Å². The molecule has 2 N–H and O–H groups in total. The topological polar surface area (TPSA) is 110 Å². The third kappa shape index (κ3) is 4.00. The molecule has 0 fully saturated rings. The standard InChI is InChI=1S/C19H19N5O3/c1-3-13-9-15(12(2)25)17(26)16(10-13)20-19(27)18-21-22-23-24(18)11-14-7-5-4-6-8-14/h4-10,26H,3,11H2,1-2H3,(H,20,27). The Kier molecular flexibility index (Phi) is 5.25. The lowest BCUT2D eigenvalue weighted by Gasteiger charge is -2.12. The van der Waals surface area contributed by atoms with Gasteiger partial charge in [0.15, 0.2) is 5.78 Å². The van der Waals surface area contributed by atoms with Crippen molar-refractivity contribution in [3.05, 3.63) is 65.0 Å². The molecule has 8 heteroatoms. The fourth-order valence-corrected chi connectivity index (χ4v) is 2.67. The molecule has 0 aliphatic carbocycles. The fourth-order valence-electron chi connectivity index (χ4n) is 2.67. The minimum absolute atomic E-state index is 0.00419. The minimum Gasteiger partial charge on any atom is -0.505 e. The van der Waals surface area contributed by atoms with Crippen LogP contribution in [0.1, 0.15) is 46.0 Å². The highest BCUT2D eigenvalue weighted by Crippen LogP contribution is 2.30. The summed E-state index contributed by atoms with van der Waals surface area (Å²) in [4.78, 5) is 24.4. The molecule has 3 rings (SSSR count). The van der Waals surface area contributed by atoms with Crippen molar-refractivity contribution >= 4 is 17.4 Å². The Balaban J connectivity index is 1.88. The van der Waals surface area contributed by atoms with Gasteiger partial charge in [0.25, 0.3) is 5.91 Å². The summed E-state index contributed by atoms with van der Waals surface area (Å²) in [6.07, 6.45) is 0.648. The van der Waals surface area contributed by atoms with Crippen LogP contribution in [0, 0.1) is 0 Å². The maximum Gasteiger partial charge on any atom is 0.295 e. The summed E-state index contributed by atoms with van der Waals surface area (Å²) in [5.74, 6) is -1.12. The van der Waals surface area contributed by atoms with E-state index in [0.717, 1.165) is 11.1 Å². The number of hydrogen-bond acceptors (Lipinski definition) is 6. The number of hydrogen-bond donors (Lipinski definition) is 2. The van der Waals surface area contributed by atoms with Gasteiger partial charge >= 0.3 is 0 Å². The normalized spacial score (nSPS) is 10.6. The first kappa shape index (κ1) is 18.2. The number of phenolic OH excluding ortho intramolecular Hbond substituents is 1. The highest BCUT2D eigenvalue weighted by molar-refractivity contribution is 6.05. The van der Waals surface area contributed by atoms with Crippen molar-refractivity contribution < 1.29 is 14.7 Å². The number of rotatable bonds is 6. The highest BCUT2D eigenvalue weighted by atomic mass is 16.3. The van der Waals surface area contributed by atoms with Crippen molar-refractivity contribution in [2.45, 2.75) is 26.8 Å². The van der Waals surface area contributed by atoms with Crippen molar-refractivity contribution in [2.24, 2.45) is 0 Å². The zero-order valence-corrected chi connectivity index (χ0v) is 15.0. The lowest BCUT2D eigenvalue weighted by Crippen LogP contribution is -2.20. The van der Waals surface area contributed by atoms with Crippen LogP contribution in [0.15, 0.2) is 42.5 Å². The van der Waals surface area contributed by atoms with Gasteiger partial charge < -0.3 is 10.4 Å². The van der Waals surface area contributed by atoms with Gasteiger partial charge in [-0.2, -0.15) is 0 Å². The van der Waals surface area contributed by atoms with E-state index >= 15 is 0 Å². The second-order valence-electron chi connectivity index (χ2n) is 6.05. The predicted octanol–water partition coefficient (Wildman–Crippen LogP) is 2.44. The van der Waals surface area contributed by atoms with Crippen LogP contribution in [-0.2, 0) is 13.0 Å².